The molecule has 0 spiro atoms. The molecule has 0 radical (unpaired) electrons. The van der Waals surface area contributed by atoms with E-state index in [9.17, 15) is 9.59 Å². The molecule has 0 atom stereocenters. The molecule has 2 aromatic carbocycles. The SMILES string of the molecule is Cc1nc(COc2ccccc2/C=C/C(=O)Nc2ccc(C(=O)N3CCSCC3)cc2C)cs1. The second kappa shape index (κ2) is 11.4. The summed E-state index contributed by atoms with van der Waals surface area (Å²) in [6.45, 7) is 5.79. The van der Waals surface area contributed by atoms with Gasteiger partial charge >= 0.3 is 0 Å². The van der Waals surface area contributed by atoms with Crippen LogP contribution in [0, 0.1) is 13.8 Å². The van der Waals surface area contributed by atoms with Gasteiger partial charge in [0.1, 0.15) is 12.4 Å². The van der Waals surface area contributed by atoms with Crippen molar-refractivity contribution in [2.24, 2.45) is 0 Å². The quantitative estimate of drug-likeness (QED) is 0.459. The van der Waals surface area contributed by atoms with Gasteiger partial charge in [-0.15, -0.1) is 11.3 Å². The zero-order valence-electron chi connectivity index (χ0n) is 19.2. The van der Waals surface area contributed by atoms with Gasteiger partial charge in [0.25, 0.3) is 5.91 Å². The monoisotopic (exact) mass is 493 g/mol. The maximum absolute atomic E-state index is 12.7. The number of carbonyl (C=O) groups excluding carboxylic acids is 2. The van der Waals surface area contributed by atoms with Gasteiger partial charge in [0, 0.05) is 52.9 Å². The molecule has 0 unspecified atom stereocenters. The molecule has 2 heterocycles. The molecule has 1 aromatic heterocycles. The third-order valence-electron chi connectivity index (χ3n) is 5.40. The van der Waals surface area contributed by atoms with Crippen molar-refractivity contribution in [2.75, 3.05) is 29.9 Å². The van der Waals surface area contributed by atoms with E-state index in [1.54, 1.807) is 29.5 Å². The molecule has 0 saturated carbocycles. The van der Waals surface area contributed by atoms with Gasteiger partial charge in [-0.05, 0) is 49.8 Å². The fourth-order valence-corrected chi connectivity index (χ4v) is 5.10. The van der Waals surface area contributed by atoms with Crippen LogP contribution in [0.3, 0.4) is 0 Å². The first-order valence-corrected chi connectivity index (χ1v) is 13.1. The van der Waals surface area contributed by atoms with Crippen molar-refractivity contribution in [2.45, 2.75) is 20.5 Å². The van der Waals surface area contributed by atoms with Gasteiger partial charge in [0.2, 0.25) is 5.91 Å². The van der Waals surface area contributed by atoms with Gasteiger partial charge in [-0.3, -0.25) is 9.59 Å². The number of hydrogen-bond acceptors (Lipinski definition) is 6. The summed E-state index contributed by atoms with van der Waals surface area (Å²) in [7, 11) is 0. The van der Waals surface area contributed by atoms with E-state index in [0.717, 1.165) is 46.4 Å². The van der Waals surface area contributed by atoms with Crippen LogP contribution in [0.15, 0.2) is 53.9 Å². The molecule has 0 bridgehead atoms. The Balaban J connectivity index is 1.38. The summed E-state index contributed by atoms with van der Waals surface area (Å²) in [5.41, 5.74) is 3.88. The number of aryl methyl sites for hydroxylation is 2. The van der Waals surface area contributed by atoms with E-state index in [1.165, 1.54) is 6.08 Å². The summed E-state index contributed by atoms with van der Waals surface area (Å²) < 4.78 is 5.92. The van der Waals surface area contributed by atoms with E-state index in [4.69, 9.17) is 4.74 Å². The zero-order valence-corrected chi connectivity index (χ0v) is 20.9. The Morgan fingerprint density at radius 3 is 2.68 bits per heavy atom. The summed E-state index contributed by atoms with van der Waals surface area (Å²) in [5.74, 6) is 2.44. The van der Waals surface area contributed by atoms with Crippen LogP contribution < -0.4 is 10.1 Å². The number of thiazole rings is 1. The Morgan fingerprint density at radius 1 is 1.15 bits per heavy atom. The lowest BCUT2D eigenvalue weighted by Crippen LogP contribution is -2.37. The molecular weight excluding hydrogens is 466 g/mol. The number of rotatable bonds is 7. The summed E-state index contributed by atoms with van der Waals surface area (Å²) in [6, 6.07) is 13.0. The predicted octanol–water partition coefficient (Wildman–Crippen LogP) is 5.18. The van der Waals surface area contributed by atoms with Gasteiger partial charge in [-0.25, -0.2) is 4.98 Å². The Bertz CT molecular complexity index is 1200. The number of carbonyl (C=O) groups is 2. The number of benzene rings is 2. The van der Waals surface area contributed by atoms with Crippen molar-refractivity contribution in [3.8, 4) is 5.75 Å². The first-order chi connectivity index (χ1) is 16.5. The van der Waals surface area contributed by atoms with Gasteiger partial charge in [-0.2, -0.15) is 11.8 Å². The van der Waals surface area contributed by atoms with Crippen molar-refractivity contribution in [3.05, 3.63) is 81.3 Å². The van der Waals surface area contributed by atoms with Crippen molar-refractivity contribution in [1.29, 1.82) is 0 Å². The van der Waals surface area contributed by atoms with Crippen molar-refractivity contribution >= 4 is 46.7 Å². The number of para-hydroxylation sites is 1. The molecule has 1 aliphatic heterocycles. The Hall–Kier alpha value is -3.10. The van der Waals surface area contributed by atoms with Crippen molar-refractivity contribution < 1.29 is 14.3 Å². The van der Waals surface area contributed by atoms with Crippen LogP contribution in [0.2, 0.25) is 0 Å². The molecule has 0 aliphatic carbocycles. The second-order valence-corrected chi connectivity index (χ2v) is 10.2. The van der Waals surface area contributed by atoms with Gasteiger partial charge in [0.15, 0.2) is 0 Å². The Labute approximate surface area is 208 Å². The molecule has 1 saturated heterocycles. The average Bonchev–Trinajstić information content (AvgIpc) is 3.28. The summed E-state index contributed by atoms with van der Waals surface area (Å²) in [4.78, 5) is 31.6. The molecule has 176 valence electrons. The minimum atomic E-state index is -0.250. The highest BCUT2D eigenvalue weighted by Crippen LogP contribution is 2.22. The minimum Gasteiger partial charge on any atom is -0.487 e. The fraction of sp³-hybridized carbons (Fsp3) is 0.269. The van der Waals surface area contributed by atoms with Crippen LogP contribution in [0.5, 0.6) is 5.75 Å². The van der Waals surface area contributed by atoms with Crippen LogP contribution in [0.1, 0.15) is 32.2 Å². The minimum absolute atomic E-state index is 0.0468. The number of nitrogens with one attached hydrogen (secondary N) is 1. The highest BCUT2D eigenvalue weighted by molar-refractivity contribution is 7.99. The molecule has 3 aromatic rings. The zero-order chi connectivity index (χ0) is 23.9. The molecule has 1 fully saturated rings. The smallest absolute Gasteiger partial charge is 0.253 e. The maximum atomic E-state index is 12.7. The number of thioether (sulfide) groups is 1. The number of hydrogen-bond donors (Lipinski definition) is 1. The molecule has 2 amide bonds. The van der Waals surface area contributed by atoms with Crippen LogP contribution in [0.25, 0.3) is 6.08 Å². The third kappa shape index (κ3) is 6.27. The summed E-state index contributed by atoms with van der Waals surface area (Å²) in [5, 5.41) is 5.88. The van der Waals surface area contributed by atoms with Crippen LogP contribution in [-0.4, -0.2) is 46.3 Å². The largest absolute Gasteiger partial charge is 0.487 e. The Morgan fingerprint density at radius 2 is 1.94 bits per heavy atom. The summed E-state index contributed by atoms with van der Waals surface area (Å²) in [6.07, 6.45) is 3.22. The van der Waals surface area contributed by atoms with Crippen molar-refractivity contribution in [3.63, 3.8) is 0 Å². The molecule has 8 heteroatoms. The normalized spacial score (nSPS) is 13.8. The van der Waals surface area contributed by atoms with E-state index in [0.29, 0.717) is 23.6 Å². The van der Waals surface area contributed by atoms with E-state index >= 15 is 0 Å². The molecular formula is C26H27N3O3S2. The fourth-order valence-electron chi connectivity index (χ4n) is 3.60. The highest BCUT2D eigenvalue weighted by Gasteiger charge is 2.19. The number of anilines is 1. The van der Waals surface area contributed by atoms with E-state index in [2.05, 4.69) is 10.3 Å². The average molecular weight is 494 g/mol. The molecule has 34 heavy (non-hydrogen) atoms. The van der Waals surface area contributed by atoms with E-state index in [-0.39, 0.29) is 11.8 Å². The lowest BCUT2D eigenvalue weighted by molar-refractivity contribution is -0.111. The van der Waals surface area contributed by atoms with E-state index < -0.39 is 0 Å². The highest BCUT2D eigenvalue weighted by atomic mass is 32.2. The van der Waals surface area contributed by atoms with Crippen molar-refractivity contribution in [1.82, 2.24) is 9.88 Å². The molecule has 4 rings (SSSR count). The lowest BCUT2D eigenvalue weighted by atomic mass is 10.1. The number of ether oxygens (including phenoxy) is 1. The first-order valence-electron chi connectivity index (χ1n) is 11.1. The molecule has 1 aliphatic rings. The van der Waals surface area contributed by atoms with Crippen LogP contribution in [0.4, 0.5) is 5.69 Å². The topological polar surface area (TPSA) is 71.5 Å². The number of amides is 2. The number of aromatic nitrogens is 1. The second-order valence-electron chi connectivity index (χ2n) is 7.94. The predicted molar refractivity (Wildman–Crippen MR) is 140 cm³/mol. The first kappa shape index (κ1) is 24.0. The number of nitrogens with zero attached hydrogens (tertiary/aromatic N) is 2. The maximum Gasteiger partial charge on any atom is 0.253 e. The van der Waals surface area contributed by atoms with Gasteiger partial charge in [0.05, 0.1) is 10.7 Å². The van der Waals surface area contributed by atoms with Gasteiger partial charge < -0.3 is 15.0 Å². The summed E-state index contributed by atoms with van der Waals surface area (Å²) >= 11 is 3.46. The standard InChI is InChI=1S/C26H27N3O3S2/c1-18-15-21(26(31)29-11-13-33-14-12-29)7-9-23(18)28-25(30)10-8-20-5-3-4-6-24(20)32-16-22-17-34-19(2)27-22/h3-10,15,17H,11-14,16H2,1-2H3,(H,28,30)/b10-8+. The van der Waals surface area contributed by atoms with Crippen LogP contribution >= 0.6 is 23.1 Å². The van der Waals surface area contributed by atoms with Gasteiger partial charge in [-0.1, -0.05) is 18.2 Å². The van der Waals surface area contributed by atoms with E-state index in [1.807, 2.05) is 66.2 Å². The molecule has 1 N–H and O–H groups in total. The molecule has 6 nitrogen and oxygen atoms in total. The van der Waals surface area contributed by atoms with Crippen LogP contribution in [-0.2, 0) is 11.4 Å². The Kier molecular flexibility index (Phi) is 8.03. The lowest BCUT2D eigenvalue weighted by Gasteiger charge is -2.26. The third-order valence-corrected chi connectivity index (χ3v) is 7.17.